The zero-order valence-electron chi connectivity index (χ0n) is 10.6. The molecule has 1 aromatic heterocycles. The Labute approximate surface area is 136 Å². The van der Waals surface area contributed by atoms with Crippen LogP contribution in [0.2, 0.25) is 15.2 Å². The van der Waals surface area contributed by atoms with Crippen LogP contribution in [0, 0.1) is 6.92 Å². The Balaban J connectivity index is 2.48. The van der Waals surface area contributed by atoms with Crippen molar-refractivity contribution in [2.45, 2.75) is 11.8 Å². The first-order chi connectivity index (χ1) is 9.69. The second-order valence-corrected chi connectivity index (χ2v) is 6.90. The highest BCUT2D eigenvalue weighted by atomic mass is 35.5. The van der Waals surface area contributed by atoms with Crippen LogP contribution in [0.25, 0.3) is 0 Å². The van der Waals surface area contributed by atoms with Crippen molar-refractivity contribution >= 4 is 56.5 Å². The van der Waals surface area contributed by atoms with Gasteiger partial charge in [-0.25, -0.2) is 23.1 Å². The third kappa shape index (κ3) is 3.68. The molecular weight excluding hydrogens is 359 g/mol. The van der Waals surface area contributed by atoms with Gasteiger partial charge in [0.2, 0.25) is 5.95 Å². The Kier molecular flexibility index (Phi) is 4.48. The van der Waals surface area contributed by atoms with Crippen molar-refractivity contribution in [1.29, 1.82) is 0 Å². The fourth-order valence-corrected chi connectivity index (χ4v) is 4.00. The number of hydrogen-bond acceptors (Lipinski definition) is 5. The van der Waals surface area contributed by atoms with Gasteiger partial charge < -0.3 is 5.73 Å². The molecule has 2 rings (SSSR count). The zero-order valence-corrected chi connectivity index (χ0v) is 13.6. The largest absolute Gasteiger partial charge is 0.399 e. The number of nitrogens with two attached hydrogens (primary N) is 1. The molecule has 112 valence electrons. The molecule has 21 heavy (non-hydrogen) atoms. The van der Waals surface area contributed by atoms with E-state index in [0.29, 0.717) is 5.69 Å². The van der Waals surface area contributed by atoms with Crippen molar-refractivity contribution in [3.05, 3.63) is 39.1 Å². The Bertz CT molecular complexity index is 768. The summed E-state index contributed by atoms with van der Waals surface area (Å²) in [5.41, 5.74) is 6.29. The second-order valence-electron chi connectivity index (χ2n) is 4.07. The lowest BCUT2D eigenvalue weighted by Gasteiger charge is -2.11. The van der Waals surface area contributed by atoms with Crippen molar-refractivity contribution in [3.8, 4) is 0 Å². The van der Waals surface area contributed by atoms with Gasteiger partial charge in [0.1, 0.15) is 10.0 Å². The molecule has 1 heterocycles. The molecule has 0 amide bonds. The highest BCUT2D eigenvalue weighted by Crippen LogP contribution is 2.32. The number of sulfonamides is 1. The van der Waals surface area contributed by atoms with Gasteiger partial charge in [-0.05, 0) is 25.1 Å². The fraction of sp³-hybridized carbons (Fsp3) is 0.0909. The summed E-state index contributed by atoms with van der Waals surface area (Å²) in [6, 6.07) is 4.06. The molecule has 1 aromatic carbocycles. The monoisotopic (exact) mass is 366 g/mol. The van der Waals surface area contributed by atoms with Gasteiger partial charge in [0.15, 0.2) is 0 Å². The van der Waals surface area contributed by atoms with E-state index in [9.17, 15) is 8.42 Å². The summed E-state index contributed by atoms with van der Waals surface area (Å²) in [5.74, 6) is -0.177. The van der Waals surface area contributed by atoms with Gasteiger partial charge in [-0.1, -0.05) is 34.8 Å². The lowest BCUT2D eigenvalue weighted by atomic mass is 10.3. The quantitative estimate of drug-likeness (QED) is 0.641. The summed E-state index contributed by atoms with van der Waals surface area (Å²) < 4.78 is 26.8. The summed E-state index contributed by atoms with van der Waals surface area (Å²) in [5, 5.41) is -0.104. The summed E-state index contributed by atoms with van der Waals surface area (Å²) in [6.07, 6.45) is 0. The maximum Gasteiger partial charge on any atom is 0.267 e. The molecule has 0 radical (unpaired) electrons. The van der Waals surface area contributed by atoms with E-state index in [4.69, 9.17) is 40.5 Å². The highest BCUT2D eigenvalue weighted by molar-refractivity contribution is 7.93. The number of anilines is 2. The summed E-state index contributed by atoms with van der Waals surface area (Å²) >= 11 is 17.5. The normalized spacial score (nSPS) is 11.4. The molecule has 0 spiro atoms. The highest BCUT2D eigenvalue weighted by Gasteiger charge is 2.23. The first-order valence-corrected chi connectivity index (χ1v) is 8.09. The van der Waals surface area contributed by atoms with E-state index in [1.54, 1.807) is 6.92 Å². The maximum absolute atomic E-state index is 12.3. The zero-order chi connectivity index (χ0) is 15.8. The SMILES string of the molecule is Cc1cc(Cl)nc(NS(=O)(=O)c2c(Cl)cc(N)cc2Cl)n1. The third-order valence-corrected chi connectivity index (χ3v) is 4.78. The molecule has 0 unspecified atom stereocenters. The summed E-state index contributed by atoms with van der Waals surface area (Å²) in [6.45, 7) is 1.65. The average Bonchev–Trinajstić information content (AvgIpc) is 2.23. The van der Waals surface area contributed by atoms with E-state index in [2.05, 4.69) is 14.7 Å². The van der Waals surface area contributed by atoms with E-state index < -0.39 is 10.0 Å². The molecule has 0 saturated heterocycles. The summed E-state index contributed by atoms with van der Waals surface area (Å²) in [4.78, 5) is 7.40. The van der Waals surface area contributed by atoms with Crippen LogP contribution in [0.3, 0.4) is 0 Å². The predicted octanol–water partition coefficient (Wildman–Crippen LogP) is 3.13. The molecule has 3 N–H and O–H groups in total. The lowest BCUT2D eigenvalue weighted by Crippen LogP contribution is -2.16. The smallest absolute Gasteiger partial charge is 0.267 e. The molecule has 0 fully saturated rings. The topological polar surface area (TPSA) is 98.0 Å². The molecule has 10 heteroatoms. The lowest BCUT2D eigenvalue weighted by molar-refractivity contribution is 0.601. The first-order valence-electron chi connectivity index (χ1n) is 5.47. The molecule has 0 saturated carbocycles. The molecule has 0 bridgehead atoms. The van der Waals surface area contributed by atoms with Crippen LogP contribution in [0.5, 0.6) is 0 Å². The van der Waals surface area contributed by atoms with Gasteiger partial charge in [0, 0.05) is 11.4 Å². The number of aromatic nitrogens is 2. The average molecular weight is 368 g/mol. The van der Waals surface area contributed by atoms with Crippen LogP contribution < -0.4 is 10.5 Å². The number of nitrogen functional groups attached to an aromatic ring is 1. The molecule has 0 aliphatic heterocycles. The van der Waals surface area contributed by atoms with Crippen LogP contribution in [-0.4, -0.2) is 18.4 Å². The van der Waals surface area contributed by atoms with Crippen LogP contribution in [0.1, 0.15) is 5.69 Å². The van der Waals surface area contributed by atoms with Crippen molar-refractivity contribution in [2.75, 3.05) is 10.5 Å². The standard InChI is InChI=1S/C11H9Cl3N4O2S/c1-5-2-9(14)17-11(16-5)18-21(19,20)10-7(12)3-6(15)4-8(10)13/h2-4H,15H2,1H3,(H,16,17,18). The van der Waals surface area contributed by atoms with E-state index in [0.717, 1.165) is 0 Å². The van der Waals surface area contributed by atoms with Crippen molar-refractivity contribution in [3.63, 3.8) is 0 Å². The minimum Gasteiger partial charge on any atom is -0.399 e. The maximum atomic E-state index is 12.3. The van der Waals surface area contributed by atoms with Crippen molar-refractivity contribution < 1.29 is 8.42 Å². The fourth-order valence-electron chi connectivity index (χ4n) is 1.58. The van der Waals surface area contributed by atoms with E-state index >= 15 is 0 Å². The minimum atomic E-state index is -4.08. The van der Waals surface area contributed by atoms with Gasteiger partial charge in [-0.2, -0.15) is 0 Å². The molecule has 6 nitrogen and oxygen atoms in total. The number of nitrogens with zero attached hydrogens (tertiary/aromatic N) is 2. The number of benzene rings is 1. The molecule has 0 aliphatic rings. The Morgan fingerprint density at radius 3 is 2.19 bits per heavy atom. The van der Waals surface area contributed by atoms with E-state index in [-0.39, 0.29) is 31.7 Å². The number of nitrogens with one attached hydrogen (secondary N) is 1. The summed E-state index contributed by atoms with van der Waals surface area (Å²) in [7, 11) is -4.08. The molecular formula is C11H9Cl3N4O2S. The molecule has 0 aliphatic carbocycles. The van der Waals surface area contributed by atoms with E-state index in [1.165, 1.54) is 18.2 Å². The van der Waals surface area contributed by atoms with Crippen molar-refractivity contribution in [1.82, 2.24) is 9.97 Å². The first kappa shape index (κ1) is 16.1. The van der Waals surface area contributed by atoms with Gasteiger partial charge in [-0.15, -0.1) is 0 Å². The molecule has 0 atom stereocenters. The third-order valence-electron chi connectivity index (χ3n) is 2.34. The van der Waals surface area contributed by atoms with Gasteiger partial charge in [0.25, 0.3) is 10.0 Å². The van der Waals surface area contributed by atoms with Crippen molar-refractivity contribution in [2.24, 2.45) is 0 Å². The Morgan fingerprint density at radius 2 is 1.67 bits per heavy atom. The Morgan fingerprint density at radius 1 is 1.10 bits per heavy atom. The number of hydrogen-bond donors (Lipinski definition) is 2. The predicted molar refractivity (Wildman–Crippen MR) is 83.5 cm³/mol. The van der Waals surface area contributed by atoms with Gasteiger partial charge >= 0.3 is 0 Å². The molecule has 2 aromatic rings. The van der Waals surface area contributed by atoms with Crippen LogP contribution in [0.4, 0.5) is 11.6 Å². The van der Waals surface area contributed by atoms with Crippen LogP contribution in [0.15, 0.2) is 23.1 Å². The van der Waals surface area contributed by atoms with Crippen LogP contribution >= 0.6 is 34.8 Å². The number of aryl methyl sites for hydroxylation is 1. The minimum absolute atomic E-state index is 0.105. The van der Waals surface area contributed by atoms with Gasteiger partial charge in [0.05, 0.1) is 10.0 Å². The number of halogens is 3. The Hall–Kier alpha value is -1.28. The number of rotatable bonds is 3. The van der Waals surface area contributed by atoms with Gasteiger partial charge in [-0.3, -0.25) is 0 Å². The van der Waals surface area contributed by atoms with E-state index in [1.807, 2.05) is 0 Å². The van der Waals surface area contributed by atoms with Crippen LogP contribution in [-0.2, 0) is 10.0 Å². The second kappa shape index (κ2) is 5.84.